The van der Waals surface area contributed by atoms with E-state index in [1.807, 2.05) is 0 Å². The fraction of sp³-hybridized carbons (Fsp3) is 0.750. The van der Waals surface area contributed by atoms with Gasteiger partial charge in [0.05, 0.1) is 6.10 Å². The minimum atomic E-state index is 0.352. The number of hydrogen-bond donors (Lipinski definition) is 0. The molecule has 1 fully saturated rings. The fourth-order valence-corrected chi connectivity index (χ4v) is 1.16. The third-order valence-corrected chi connectivity index (χ3v) is 1.63. The van der Waals surface area contributed by atoms with Crippen molar-refractivity contribution >= 4 is 0 Å². The molecule has 0 aromatic rings. The third-order valence-electron chi connectivity index (χ3n) is 1.63. The largest absolute Gasteiger partial charge is 0.377 e. The summed E-state index contributed by atoms with van der Waals surface area (Å²) in [6.07, 6.45) is 7.40. The predicted octanol–water partition coefficient (Wildman–Crippen LogP) is 1.43. The molecular formula is C8H12O. The SMILES string of the molecule is C#CCC1C[C@@H](C)CO1. The Morgan fingerprint density at radius 2 is 2.56 bits per heavy atom. The van der Waals surface area contributed by atoms with Gasteiger partial charge < -0.3 is 4.74 Å². The Kier molecular flexibility index (Phi) is 2.13. The number of terminal acetylenes is 1. The first-order valence-electron chi connectivity index (χ1n) is 3.38. The van der Waals surface area contributed by atoms with Crippen LogP contribution in [-0.4, -0.2) is 12.7 Å². The summed E-state index contributed by atoms with van der Waals surface area (Å²) in [4.78, 5) is 0. The first-order valence-corrected chi connectivity index (χ1v) is 3.38. The average Bonchev–Trinajstić information content (AvgIpc) is 2.17. The number of ether oxygens (including phenoxy) is 1. The summed E-state index contributed by atoms with van der Waals surface area (Å²) in [5, 5.41) is 0. The van der Waals surface area contributed by atoms with Gasteiger partial charge in [0.1, 0.15) is 0 Å². The molecule has 0 amide bonds. The van der Waals surface area contributed by atoms with Crippen molar-refractivity contribution in [2.24, 2.45) is 5.92 Å². The van der Waals surface area contributed by atoms with Crippen LogP contribution in [0.25, 0.3) is 0 Å². The van der Waals surface area contributed by atoms with E-state index in [4.69, 9.17) is 11.2 Å². The minimum Gasteiger partial charge on any atom is -0.377 e. The van der Waals surface area contributed by atoms with Crippen molar-refractivity contribution in [2.45, 2.75) is 25.9 Å². The second kappa shape index (κ2) is 2.89. The molecule has 1 heterocycles. The van der Waals surface area contributed by atoms with Gasteiger partial charge in [0, 0.05) is 13.0 Å². The van der Waals surface area contributed by atoms with E-state index in [9.17, 15) is 0 Å². The molecule has 1 unspecified atom stereocenters. The standard InChI is InChI=1S/C8H12O/c1-3-4-8-5-7(2)6-9-8/h1,7-8H,4-6H2,2H3/t7-,8?/m1/s1. The molecule has 0 aliphatic carbocycles. The van der Waals surface area contributed by atoms with Gasteiger partial charge in [-0.1, -0.05) is 6.92 Å². The van der Waals surface area contributed by atoms with E-state index < -0.39 is 0 Å². The van der Waals surface area contributed by atoms with Crippen molar-refractivity contribution in [1.82, 2.24) is 0 Å². The van der Waals surface area contributed by atoms with Crippen molar-refractivity contribution in [3.05, 3.63) is 0 Å². The quantitative estimate of drug-likeness (QED) is 0.480. The van der Waals surface area contributed by atoms with E-state index in [1.165, 1.54) is 0 Å². The second-order valence-electron chi connectivity index (χ2n) is 2.70. The first-order chi connectivity index (χ1) is 4.33. The molecule has 0 aromatic carbocycles. The van der Waals surface area contributed by atoms with Crippen LogP contribution in [0.1, 0.15) is 19.8 Å². The molecule has 0 bridgehead atoms. The zero-order valence-electron chi connectivity index (χ0n) is 5.76. The van der Waals surface area contributed by atoms with Crippen LogP contribution in [0.2, 0.25) is 0 Å². The normalized spacial score (nSPS) is 34.2. The molecule has 1 aliphatic rings. The summed E-state index contributed by atoms with van der Waals surface area (Å²) in [6, 6.07) is 0. The summed E-state index contributed by atoms with van der Waals surface area (Å²) >= 11 is 0. The van der Waals surface area contributed by atoms with E-state index in [2.05, 4.69) is 12.8 Å². The zero-order valence-corrected chi connectivity index (χ0v) is 5.76. The third kappa shape index (κ3) is 1.73. The summed E-state index contributed by atoms with van der Waals surface area (Å²) in [5.41, 5.74) is 0. The monoisotopic (exact) mass is 124 g/mol. The lowest BCUT2D eigenvalue weighted by Crippen LogP contribution is -2.01. The van der Waals surface area contributed by atoms with Gasteiger partial charge >= 0.3 is 0 Å². The molecule has 0 radical (unpaired) electrons. The molecule has 50 valence electrons. The zero-order chi connectivity index (χ0) is 6.69. The van der Waals surface area contributed by atoms with Crippen molar-refractivity contribution < 1.29 is 4.74 Å². The van der Waals surface area contributed by atoms with Gasteiger partial charge in [-0.05, 0) is 12.3 Å². The number of hydrogen-bond acceptors (Lipinski definition) is 1. The van der Waals surface area contributed by atoms with Gasteiger partial charge in [-0.2, -0.15) is 0 Å². The van der Waals surface area contributed by atoms with E-state index in [0.29, 0.717) is 12.0 Å². The topological polar surface area (TPSA) is 9.23 Å². The summed E-state index contributed by atoms with van der Waals surface area (Å²) in [6.45, 7) is 3.09. The second-order valence-corrected chi connectivity index (χ2v) is 2.70. The molecule has 1 heteroatoms. The maximum absolute atomic E-state index is 5.36. The summed E-state index contributed by atoms with van der Waals surface area (Å²) < 4.78 is 5.36. The minimum absolute atomic E-state index is 0.352. The Morgan fingerprint density at radius 3 is 3.00 bits per heavy atom. The maximum atomic E-state index is 5.36. The van der Waals surface area contributed by atoms with Crippen LogP contribution in [0.4, 0.5) is 0 Å². The first kappa shape index (κ1) is 6.64. The van der Waals surface area contributed by atoms with Crippen molar-refractivity contribution in [3.8, 4) is 12.3 Å². The summed E-state index contributed by atoms with van der Waals surface area (Å²) in [7, 11) is 0. The Hall–Kier alpha value is -0.480. The van der Waals surface area contributed by atoms with Gasteiger partial charge in [0.25, 0.3) is 0 Å². The fourth-order valence-electron chi connectivity index (χ4n) is 1.16. The summed E-state index contributed by atoms with van der Waals surface area (Å²) in [5.74, 6) is 3.32. The number of rotatable bonds is 1. The molecule has 0 saturated carbocycles. The van der Waals surface area contributed by atoms with E-state index in [1.54, 1.807) is 0 Å². The highest BCUT2D eigenvalue weighted by Crippen LogP contribution is 2.20. The van der Waals surface area contributed by atoms with Crippen LogP contribution in [0.3, 0.4) is 0 Å². The van der Waals surface area contributed by atoms with Crippen LogP contribution >= 0.6 is 0 Å². The smallest absolute Gasteiger partial charge is 0.0687 e. The maximum Gasteiger partial charge on any atom is 0.0687 e. The highest BCUT2D eigenvalue weighted by Gasteiger charge is 2.20. The lowest BCUT2D eigenvalue weighted by Gasteiger charge is -2.01. The average molecular weight is 124 g/mol. The lowest BCUT2D eigenvalue weighted by molar-refractivity contribution is 0.111. The molecule has 9 heavy (non-hydrogen) atoms. The Bertz CT molecular complexity index is 123. The van der Waals surface area contributed by atoms with Gasteiger partial charge in [-0.15, -0.1) is 12.3 Å². The van der Waals surface area contributed by atoms with E-state index in [0.717, 1.165) is 19.4 Å². The van der Waals surface area contributed by atoms with Crippen LogP contribution in [0.15, 0.2) is 0 Å². The molecule has 1 nitrogen and oxygen atoms in total. The van der Waals surface area contributed by atoms with Crippen LogP contribution in [0, 0.1) is 18.3 Å². The Morgan fingerprint density at radius 1 is 1.78 bits per heavy atom. The van der Waals surface area contributed by atoms with Crippen LogP contribution in [-0.2, 0) is 4.74 Å². The molecule has 1 saturated heterocycles. The molecule has 0 spiro atoms. The molecule has 1 aliphatic heterocycles. The van der Waals surface area contributed by atoms with Crippen molar-refractivity contribution in [1.29, 1.82) is 0 Å². The molecule has 0 aromatic heterocycles. The van der Waals surface area contributed by atoms with Crippen LogP contribution < -0.4 is 0 Å². The lowest BCUT2D eigenvalue weighted by atomic mass is 10.1. The molecular weight excluding hydrogens is 112 g/mol. The van der Waals surface area contributed by atoms with Gasteiger partial charge in [0.2, 0.25) is 0 Å². The molecule has 1 rings (SSSR count). The van der Waals surface area contributed by atoms with Gasteiger partial charge in [0.15, 0.2) is 0 Å². The Labute approximate surface area is 56.4 Å². The van der Waals surface area contributed by atoms with E-state index >= 15 is 0 Å². The highest BCUT2D eigenvalue weighted by molar-refractivity contribution is 4.89. The molecule has 0 N–H and O–H groups in total. The molecule has 2 atom stereocenters. The Balaban J connectivity index is 2.24. The van der Waals surface area contributed by atoms with Gasteiger partial charge in [-0.3, -0.25) is 0 Å². The predicted molar refractivity (Wildman–Crippen MR) is 37.0 cm³/mol. The van der Waals surface area contributed by atoms with Gasteiger partial charge in [-0.25, -0.2) is 0 Å². The van der Waals surface area contributed by atoms with Crippen molar-refractivity contribution in [3.63, 3.8) is 0 Å². The van der Waals surface area contributed by atoms with E-state index in [-0.39, 0.29) is 0 Å². The van der Waals surface area contributed by atoms with Crippen LogP contribution in [0.5, 0.6) is 0 Å². The van der Waals surface area contributed by atoms with Crippen molar-refractivity contribution in [2.75, 3.05) is 6.61 Å². The highest BCUT2D eigenvalue weighted by atomic mass is 16.5.